The van der Waals surface area contributed by atoms with Crippen LogP contribution in [-0.2, 0) is 17.6 Å². The molecule has 1 amide bonds. The topological polar surface area (TPSA) is 67.8 Å². The van der Waals surface area contributed by atoms with Gasteiger partial charge in [0.05, 0.1) is 23.8 Å². The van der Waals surface area contributed by atoms with Crippen LogP contribution in [0, 0.1) is 0 Å². The van der Waals surface area contributed by atoms with Gasteiger partial charge in [0.2, 0.25) is 0 Å². The van der Waals surface area contributed by atoms with E-state index >= 15 is 0 Å². The van der Waals surface area contributed by atoms with Crippen LogP contribution in [0.5, 0.6) is 0 Å². The number of hydrazone groups is 1. The van der Waals surface area contributed by atoms with Crippen LogP contribution in [0.15, 0.2) is 35.4 Å². The predicted octanol–water partition coefficient (Wildman–Crippen LogP) is 3.57. The summed E-state index contributed by atoms with van der Waals surface area (Å²) in [6.45, 7) is 0. The zero-order valence-corrected chi connectivity index (χ0v) is 14.9. The van der Waals surface area contributed by atoms with Crippen molar-refractivity contribution in [2.24, 2.45) is 5.10 Å². The standard InChI is InChI=1S/C19H20N2O3S/c1-24-19(23)15-9-6-5-8-14(15)12-20-21-18(22)17-11-13-7-3-2-4-10-16(13)25-17/h5-6,8-9,11-12H,2-4,7,10H2,1H3,(H,21,22)/b20-12-. The minimum atomic E-state index is -0.435. The highest BCUT2D eigenvalue weighted by Crippen LogP contribution is 2.28. The summed E-state index contributed by atoms with van der Waals surface area (Å²) in [5, 5.41) is 3.99. The molecule has 25 heavy (non-hydrogen) atoms. The van der Waals surface area contributed by atoms with Gasteiger partial charge in [0, 0.05) is 10.4 Å². The molecule has 0 bridgehead atoms. The summed E-state index contributed by atoms with van der Waals surface area (Å²) >= 11 is 1.55. The van der Waals surface area contributed by atoms with Crippen LogP contribution in [0.4, 0.5) is 0 Å². The molecule has 1 N–H and O–H groups in total. The van der Waals surface area contributed by atoms with E-state index in [4.69, 9.17) is 4.74 Å². The number of nitrogens with zero attached hydrogens (tertiary/aromatic N) is 1. The molecule has 0 unspecified atom stereocenters. The number of amides is 1. The van der Waals surface area contributed by atoms with Crippen LogP contribution in [0.1, 0.15) is 55.3 Å². The van der Waals surface area contributed by atoms with Crippen LogP contribution >= 0.6 is 11.3 Å². The second kappa shape index (κ2) is 8.07. The summed E-state index contributed by atoms with van der Waals surface area (Å²) in [6, 6.07) is 8.94. The molecule has 1 aliphatic rings. The van der Waals surface area contributed by atoms with E-state index in [9.17, 15) is 9.59 Å². The zero-order chi connectivity index (χ0) is 17.6. The molecule has 0 radical (unpaired) electrons. The van der Waals surface area contributed by atoms with Crippen molar-refractivity contribution in [2.45, 2.75) is 32.1 Å². The molecular weight excluding hydrogens is 336 g/mol. The first-order chi connectivity index (χ1) is 12.2. The second-order valence-electron chi connectivity index (χ2n) is 5.90. The number of rotatable bonds is 4. The Kier molecular flexibility index (Phi) is 5.60. The Morgan fingerprint density at radius 3 is 2.84 bits per heavy atom. The Hall–Kier alpha value is -2.47. The Labute approximate surface area is 150 Å². The van der Waals surface area contributed by atoms with Crippen molar-refractivity contribution in [3.8, 4) is 0 Å². The number of hydrogen-bond acceptors (Lipinski definition) is 5. The molecule has 1 aromatic heterocycles. The lowest BCUT2D eigenvalue weighted by Crippen LogP contribution is -2.16. The van der Waals surface area contributed by atoms with Gasteiger partial charge in [0.1, 0.15) is 0 Å². The number of methoxy groups -OCH3 is 1. The molecular formula is C19H20N2O3S. The molecule has 5 nitrogen and oxygen atoms in total. The zero-order valence-electron chi connectivity index (χ0n) is 14.1. The Bertz CT molecular complexity index is 787. The van der Waals surface area contributed by atoms with E-state index in [1.165, 1.54) is 43.0 Å². The monoisotopic (exact) mass is 356 g/mol. The molecule has 1 aliphatic carbocycles. The number of esters is 1. The predicted molar refractivity (Wildman–Crippen MR) is 98.4 cm³/mol. The molecule has 6 heteroatoms. The first-order valence-corrected chi connectivity index (χ1v) is 9.13. The fourth-order valence-electron chi connectivity index (χ4n) is 2.90. The van der Waals surface area contributed by atoms with Crippen molar-refractivity contribution < 1.29 is 14.3 Å². The number of thiophene rings is 1. The van der Waals surface area contributed by atoms with Crippen LogP contribution in [0.25, 0.3) is 0 Å². The van der Waals surface area contributed by atoms with Crippen LogP contribution in [0.2, 0.25) is 0 Å². The lowest BCUT2D eigenvalue weighted by atomic mass is 10.1. The smallest absolute Gasteiger partial charge is 0.338 e. The van der Waals surface area contributed by atoms with Gasteiger partial charge in [-0.3, -0.25) is 4.79 Å². The number of carbonyl (C=O) groups excluding carboxylic acids is 2. The summed E-state index contributed by atoms with van der Waals surface area (Å²) in [4.78, 5) is 26.0. The normalized spacial score (nSPS) is 14.0. The van der Waals surface area contributed by atoms with Crippen molar-refractivity contribution in [1.29, 1.82) is 0 Å². The van der Waals surface area contributed by atoms with Crippen molar-refractivity contribution in [2.75, 3.05) is 7.11 Å². The quantitative estimate of drug-likeness (QED) is 0.394. The fraction of sp³-hybridized carbons (Fsp3) is 0.316. The summed E-state index contributed by atoms with van der Waals surface area (Å²) in [5.74, 6) is -0.653. The van der Waals surface area contributed by atoms with Crippen molar-refractivity contribution in [3.63, 3.8) is 0 Å². The van der Waals surface area contributed by atoms with Gasteiger partial charge >= 0.3 is 5.97 Å². The number of fused-ring (bicyclic) bond motifs is 1. The maximum absolute atomic E-state index is 12.3. The highest BCUT2D eigenvalue weighted by atomic mass is 32.1. The summed E-state index contributed by atoms with van der Waals surface area (Å²) in [6.07, 6.45) is 7.21. The van der Waals surface area contributed by atoms with Gasteiger partial charge in [-0.25, -0.2) is 10.2 Å². The molecule has 0 fully saturated rings. The van der Waals surface area contributed by atoms with E-state index in [0.29, 0.717) is 16.0 Å². The Morgan fingerprint density at radius 2 is 2.00 bits per heavy atom. The van der Waals surface area contributed by atoms with Crippen LogP contribution in [-0.4, -0.2) is 25.2 Å². The van der Waals surface area contributed by atoms with E-state index in [1.807, 2.05) is 6.07 Å². The molecule has 0 aliphatic heterocycles. The van der Waals surface area contributed by atoms with E-state index in [2.05, 4.69) is 10.5 Å². The molecule has 130 valence electrons. The fourth-order valence-corrected chi connectivity index (χ4v) is 4.04. The molecule has 3 rings (SSSR count). The molecule has 2 aromatic rings. The highest BCUT2D eigenvalue weighted by molar-refractivity contribution is 7.14. The minimum Gasteiger partial charge on any atom is -0.465 e. The second-order valence-corrected chi connectivity index (χ2v) is 7.03. The summed E-state index contributed by atoms with van der Waals surface area (Å²) < 4.78 is 4.74. The average Bonchev–Trinajstić information content (AvgIpc) is 2.92. The van der Waals surface area contributed by atoms with Gasteiger partial charge in [-0.05, 0) is 43.4 Å². The highest BCUT2D eigenvalue weighted by Gasteiger charge is 2.16. The summed E-state index contributed by atoms with van der Waals surface area (Å²) in [7, 11) is 1.33. The largest absolute Gasteiger partial charge is 0.465 e. The maximum atomic E-state index is 12.3. The van der Waals surface area contributed by atoms with Crippen LogP contribution < -0.4 is 5.43 Å². The molecule has 0 saturated heterocycles. The third-order valence-electron chi connectivity index (χ3n) is 4.21. The van der Waals surface area contributed by atoms with E-state index in [1.54, 1.807) is 35.6 Å². The lowest BCUT2D eigenvalue weighted by Gasteiger charge is -2.03. The summed E-state index contributed by atoms with van der Waals surface area (Å²) in [5.41, 5.74) is 4.85. The molecule has 0 spiro atoms. The van der Waals surface area contributed by atoms with Gasteiger partial charge in [-0.1, -0.05) is 24.6 Å². The Balaban J connectivity index is 1.69. The number of ether oxygens (including phenoxy) is 1. The first-order valence-electron chi connectivity index (χ1n) is 8.31. The molecule has 1 aromatic carbocycles. The molecule has 0 saturated carbocycles. The third-order valence-corrected chi connectivity index (χ3v) is 5.44. The van der Waals surface area contributed by atoms with Gasteiger partial charge in [-0.2, -0.15) is 5.10 Å². The van der Waals surface area contributed by atoms with Gasteiger partial charge in [0.25, 0.3) is 5.91 Å². The molecule has 0 atom stereocenters. The molecule has 1 heterocycles. The minimum absolute atomic E-state index is 0.218. The number of nitrogens with one attached hydrogen (secondary N) is 1. The average molecular weight is 356 g/mol. The van der Waals surface area contributed by atoms with Crippen molar-refractivity contribution in [3.05, 3.63) is 56.8 Å². The van der Waals surface area contributed by atoms with E-state index < -0.39 is 5.97 Å². The lowest BCUT2D eigenvalue weighted by molar-refractivity contribution is 0.0600. The Morgan fingerprint density at radius 1 is 1.20 bits per heavy atom. The van der Waals surface area contributed by atoms with E-state index in [-0.39, 0.29) is 5.91 Å². The van der Waals surface area contributed by atoms with Gasteiger partial charge < -0.3 is 4.74 Å². The SMILES string of the molecule is COC(=O)c1ccccc1/C=N\NC(=O)c1cc2c(s1)CCCCC2. The number of benzene rings is 1. The maximum Gasteiger partial charge on any atom is 0.338 e. The number of hydrogen-bond donors (Lipinski definition) is 1. The van der Waals surface area contributed by atoms with E-state index in [0.717, 1.165) is 12.8 Å². The third kappa shape index (κ3) is 4.14. The number of carbonyl (C=O) groups is 2. The van der Waals surface area contributed by atoms with Crippen molar-refractivity contribution >= 4 is 29.4 Å². The van der Waals surface area contributed by atoms with Gasteiger partial charge in [-0.15, -0.1) is 11.3 Å². The van der Waals surface area contributed by atoms with Crippen molar-refractivity contribution in [1.82, 2.24) is 5.43 Å². The first kappa shape index (κ1) is 17.4. The van der Waals surface area contributed by atoms with Crippen LogP contribution in [0.3, 0.4) is 0 Å². The number of aryl methyl sites for hydroxylation is 2. The van der Waals surface area contributed by atoms with Gasteiger partial charge in [0.15, 0.2) is 0 Å².